The van der Waals surface area contributed by atoms with Crippen LogP contribution in [0.4, 0.5) is 15.8 Å². The number of tetrazole rings is 1. The summed E-state index contributed by atoms with van der Waals surface area (Å²) < 4.78 is 1.58. The molecule has 0 fully saturated rings. The fourth-order valence-electron chi connectivity index (χ4n) is 3.39. The van der Waals surface area contributed by atoms with Gasteiger partial charge in [-0.2, -0.15) is 0 Å². The van der Waals surface area contributed by atoms with Gasteiger partial charge in [0, 0.05) is 11.3 Å². The van der Waals surface area contributed by atoms with Gasteiger partial charge >= 0.3 is 0 Å². The Balaban J connectivity index is 1.32. The van der Waals surface area contributed by atoms with E-state index >= 15 is 0 Å². The number of primary amides is 1. The Morgan fingerprint density at radius 1 is 1.00 bits per heavy atom. The molecule has 2 heterocycles. The normalized spacial score (nSPS) is 10.8. The number of hydrogen-bond donors (Lipinski definition) is 3. The van der Waals surface area contributed by atoms with Gasteiger partial charge in [-0.1, -0.05) is 53.8 Å². The van der Waals surface area contributed by atoms with E-state index < -0.39 is 5.91 Å². The summed E-state index contributed by atoms with van der Waals surface area (Å²) in [7, 11) is 0. The average molecular weight is 471 g/mol. The molecule has 3 aromatic carbocycles. The van der Waals surface area contributed by atoms with Crippen molar-refractivity contribution in [2.24, 2.45) is 5.73 Å². The van der Waals surface area contributed by atoms with E-state index in [9.17, 15) is 9.59 Å². The zero-order valence-corrected chi connectivity index (χ0v) is 18.5. The van der Waals surface area contributed by atoms with Crippen LogP contribution in [0.5, 0.6) is 0 Å². The van der Waals surface area contributed by atoms with Gasteiger partial charge in [0.05, 0.1) is 6.54 Å². The zero-order valence-electron chi connectivity index (χ0n) is 17.7. The molecule has 0 aliphatic carbocycles. The number of anilines is 3. The first-order chi connectivity index (χ1) is 16.5. The first kappa shape index (κ1) is 21.2. The van der Waals surface area contributed by atoms with Gasteiger partial charge < -0.3 is 16.4 Å². The van der Waals surface area contributed by atoms with Crippen molar-refractivity contribution in [3.8, 4) is 0 Å². The van der Waals surface area contributed by atoms with Crippen LogP contribution in [0.1, 0.15) is 26.4 Å². The van der Waals surface area contributed by atoms with Crippen LogP contribution in [0.2, 0.25) is 0 Å². The van der Waals surface area contributed by atoms with Gasteiger partial charge in [-0.05, 0) is 51.0 Å². The second-order valence-corrected chi connectivity index (χ2v) is 8.41. The van der Waals surface area contributed by atoms with Crippen LogP contribution in [0.3, 0.4) is 0 Å². The molecule has 2 aromatic heterocycles. The molecule has 168 valence electrons. The second-order valence-electron chi connectivity index (χ2n) is 7.41. The lowest BCUT2D eigenvalue weighted by molar-refractivity contribution is 0.0997. The van der Waals surface area contributed by atoms with E-state index in [1.165, 1.54) is 6.33 Å². The van der Waals surface area contributed by atoms with Crippen LogP contribution >= 0.6 is 11.3 Å². The summed E-state index contributed by atoms with van der Waals surface area (Å²) in [5.74, 6) is -1.10. The Kier molecular flexibility index (Phi) is 5.67. The summed E-state index contributed by atoms with van der Waals surface area (Å²) in [6.07, 6.45) is 1.51. The summed E-state index contributed by atoms with van der Waals surface area (Å²) in [4.78, 5) is 29.0. The van der Waals surface area contributed by atoms with E-state index in [2.05, 4.69) is 31.1 Å². The average Bonchev–Trinajstić information content (AvgIpc) is 3.49. The molecule has 0 unspecified atom stereocenters. The summed E-state index contributed by atoms with van der Waals surface area (Å²) in [5.41, 5.74) is 7.66. The predicted molar refractivity (Wildman–Crippen MR) is 129 cm³/mol. The maximum atomic E-state index is 12.8. The number of aromatic nitrogens is 5. The lowest BCUT2D eigenvalue weighted by atomic mass is 10.1. The number of carbonyl (C=O) groups excluding carboxylic acids is 2. The summed E-state index contributed by atoms with van der Waals surface area (Å²) in [5, 5.41) is 19.8. The predicted octanol–water partition coefficient (Wildman–Crippen LogP) is 3.43. The molecule has 0 aliphatic heterocycles. The van der Waals surface area contributed by atoms with Gasteiger partial charge in [0.15, 0.2) is 10.8 Å². The number of benzene rings is 3. The standard InChI is InChI=1S/C23H18N8O2S/c24-20(32)19-22(28-21(33)16-7-5-14(6-8-16)12-31-13-25-29-30-31)34-23(27-19)26-18-10-9-15-3-1-2-4-17(15)11-18/h1-11,13H,12H2,(H2,24,32)(H,26,27)(H,28,33). The summed E-state index contributed by atoms with van der Waals surface area (Å²) in [6.45, 7) is 0.485. The molecule has 10 nitrogen and oxygen atoms in total. The van der Waals surface area contributed by atoms with Crippen molar-refractivity contribution in [3.63, 3.8) is 0 Å². The van der Waals surface area contributed by atoms with E-state index in [-0.39, 0.29) is 16.6 Å². The fraction of sp³-hybridized carbons (Fsp3) is 0.0435. The Hall–Kier alpha value is -4.64. The largest absolute Gasteiger partial charge is 0.364 e. The Bertz CT molecular complexity index is 1480. The Morgan fingerprint density at radius 2 is 1.79 bits per heavy atom. The molecule has 0 spiro atoms. The van der Waals surface area contributed by atoms with Crippen molar-refractivity contribution in [3.05, 3.63) is 89.9 Å². The monoisotopic (exact) mass is 470 g/mol. The highest BCUT2D eigenvalue weighted by Crippen LogP contribution is 2.31. The van der Waals surface area contributed by atoms with Crippen LogP contribution < -0.4 is 16.4 Å². The second kappa shape index (κ2) is 9.08. The number of nitrogens with one attached hydrogen (secondary N) is 2. The van der Waals surface area contributed by atoms with E-state index in [0.717, 1.165) is 33.4 Å². The van der Waals surface area contributed by atoms with Gasteiger partial charge in [-0.15, -0.1) is 5.10 Å². The van der Waals surface area contributed by atoms with Crippen molar-refractivity contribution in [2.45, 2.75) is 6.54 Å². The maximum absolute atomic E-state index is 12.8. The molecule has 0 aliphatic rings. The molecule has 0 radical (unpaired) electrons. The number of thiazole rings is 1. The van der Waals surface area contributed by atoms with Crippen molar-refractivity contribution in [1.82, 2.24) is 25.2 Å². The highest BCUT2D eigenvalue weighted by Gasteiger charge is 2.19. The molecule has 0 saturated heterocycles. The lowest BCUT2D eigenvalue weighted by Crippen LogP contribution is -2.17. The van der Waals surface area contributed by atoms with E-state index in [1.54, 1.807) is 16.8 Å². The molecule has 11 heteroatoms. The number of fused-ring (bicyclic) bond motifs is 1. The van der Waals surface area contributed by atoms with E-state index in [1.807, 2.05) is 54.6 Å². The molecule has 4 N–H and O–H groups in total. The number of rotatable bonds is 7. The minimum Gasteiger partial charge on any atom is -0.364 e. The van der Waals surface area contributed by atoms with Gasteiger partial charge in [-0.25, -0.2) is 9.67 Å². The Morgan fingerprint density at radius 3 is 2.53 bits per heavy atom. The van der Waals surface area contributed by atoms with Crippen molar-refractivity contribution in [1.29, 1.82) is 0 Å². The summed E-state index contributed by atoms with van der Waals surface area (Å²) in [6, 6.07) is 20.9. The molecular formula is C23H18N8O2S. The number of carbonyl (C=O) groups is 2. The molecule has 2 amide bonds. The number of nitrogens with two attached hydrogens (primary N) is 1. The first-order valence-electron chi connectivity index (χ1n) is 10.2. The number of amides is 2. The third-order valence-electron chi connectivity index (χ3n) is 5.04. The molecule has 5 rings (SSSR count). The third kappa shape index (κ3) is 4.59. The number of nitrogens with zero attached hydrogens (tertiary/aromatic N) is 5. The van der Waals surface area contributed by atoms with Crippen LogP contribution in [0, 0.1) is 0 Å². The van der Waals surface area contributed by atoms with Crippen LogP contribution in [0.15, 0.2) is 73.1 Å². The molecule has 0 saturated carbocycles. The zero-order chi connectivity index (χ0) is 23.5. The van der Waals surface area contributed by atoms with Crippen molar-refractivity contribution in [2.75, 3.05) is 10.6 Å². The highest BCUT2D eigenvalue weighted by molar-refractivity contribution is 7.20. The number of hydrogen-bond acceptors (Lipinski definition) is 8. The van der Waals surface area contributed by atoms with Crippen molar-refractivity contribution >= 4 is 49.7 Å². The minimum atomic E-state index is -0.727. The summed E-state index contributed by atoms with van der Waals surface area (Å²) >= 11 is 1.14. The van der Waals surface area contributed by atoms with E-state index in [4.69, 9.17) is 5.73 Å². The van der Waals surface area contributed by atoms with Crippen LogP contribution in [-0.2, 0) is 6.54 Å². The Labute approximate surface area is 197 Å². The van der Waals surface area contributed by atoms with Gasteiger partial charge in [-0.3, -0.25) is 9.59 Å². The van der Waals surface area contributed by atoms with Gasteiger partial charge in [0.25, 0.3) is 11.8 Å². The first-order valence-corrected chi connectivity index (χ1v) is 11.0. The topological polar surface area (TPSA) is 141 Å². The molecule has 0 atom stereocenters. The SMILES string of the molecule is NC(=O)c1nc(Nc2ccc3ccccc3c2)sc1NC(=O)c1ccc(Cn2cnnn2)cc1. The lowest BCUT2D eigenvalue weighted by Gasteiger charge is -2.05. The van der Waals surface area contributed by atoms with Gasteiger partial charge in [0.2, 0.25) is 0 Å². The molecular weight excluding hydrogens is 452 g/mol. The molecule has 0 bridgehead atoms. The van der Waals surface area contributed by atoms with Crippen molar-refractivity contribution < 1.29 is 9.59 Å². The highest BCUT2D eigenvalue weighted by atomic mass is 32.1. The quantitative estimate of drug-likeness (QED) is 0.331. The molecule has 34 heavy (non-hydrogen) atoms. The van der Waals surface area contributed by atoms with Crippen LogP contribution in [-0.4, -0.2) is 37.0 Å². The third-order valence-corrected chi connectivity index (χ3v) is 5.93. The molecule has 5 aromatic rings. The minimum absolute atomic E-state index is 0.00283. The van der Waals surface area contributed by atoms with Crippen LogP contribution in [0.25, 0.3) is 10.8 Å². The maximum Gasteiger partial charge on any atom is 0.270 e. The smallest absolute Gasteiger partial charge is 0.270 e. The van der Waals surface area contributed by atoms with Gasteiger partial charge in [0.1, 0.15) is 11.3 Å². The fourth-order valence-corrected chi connectivity index (χ4v) is 4.28. The van der Waals surface area contributed by atoms with E-state index in [0.29, 0.717) is 17.2 Å².